The molecule has 2 aromatic rings. The lowest BCUT2D eigenvalue weighted by atomic mass is 10.2. The summed E-state index contributed by atoms with van der Waals surface area (Å²) in [5.41, 5.74) is 1.24. The maximum Gasteiger partial charge on any atom is 0.146 e. The van der Waals surface area contributed by atoms with Gasteiger partial charge in [0.25, 0.3) is 0 Å². The summed E-state index contributed by atoms with van der Waals surface area (Å²) in [4.78, 5) is 0. The number of ether oxygens (including phenoxy) is 1. The second kappa shape index (κ2) is 7.67. The van der Waals surface area contributed by atoms with Crippen LogP contribution in [-0.2, 0) is 6.54 Å². The molecule has 2 rings (SSSR count). The molecule has 0 fully saturated rings. The van der Waals surface area contributed by atoms with E-state index in [0.717, 1.165) is 29.7 Å². The number of benzene rings is 2. The van der Waals surface area contributed by atoms with Gasteiger partial charge in [0.2, 0.25) is 0 Å². The molecule has 0 saturated carbocycles. The molecule has 0 atom stereocenters. The second-order valence-corrected chi connectivity index (χ2v) is 5.82. The van der Waals surface area contributed by atoms with Gasteiger partial charge in [0.1, 0.15) is 11.5 Å². The third-order valence-electron chi connectivity index (χ3n) is 2.80. The largest absolute Gasteiger partial charge is 0.456 e. The van der Waals surface area contributed by atoms with E-state index in [4.69, 9.17) is 16.3 Å². The minimum atomic E-state index is 0.591. The van der Waals surface area contributed by atoms with Crippen molar-refractivity contribution >= 4 is 27.5 Å². The van der Waals surface area contributed by atoms with Gasteiger partial charge in [-0.05, 0) is 48.9 Å². The van der Waals surface area contributed by atoms with E-state index in [1.54, 1.807) is 0 Å². The lowest BCUT2D eigenvalue weighted by molar-refractivity contribution is 0.482. The van der Waals surface area contributed by atoms with Gasteiger partial charge < -0.3 is 10.1 Å². The first-order valence-electron chi connectivity index (χ1n) is 6.61. The van der Waals surface area contributed by atoms with Crippen molar-refractivity contribution in [2.45, 2.75) is 19.9 Å². The maximum absolute atomic E-state index is 6.13. The first-order chi connectivity index (χ1) is 9.69. The van der Waals surface area contributed by atoms with Crippen LogP contribution in [-0.4, -0.2) is 6.54 Å². The summed E-state index contributed by atoms with van der Waals surface area (Å²) in [5, 5.41) is 3.96. The fourth-order valence-electron chi connectivity index (χ4n) is 1.77. The molecule has 0 radical (unpaired) electrons. The van der Waals surface area contributed by atoms with Gasteiger partial charge in [-0.2, -0.15) is 0 Å². The molecule has 4 heteroatoms. The number of rotatable bonds is 6. The minimum Gasteiger partial charge on any atom is -0.456 e. The monoisotopic (exact) mass is 353 g/mol. The summed E-state index contributed by atoms with van der Waals surface area (Å²) >= 11 is 9.50. The summed E-state index contributed by atoms with van der Waals surface area (Å²) in [6, 6.07) is 13.6. The van der Waals surface area contributed by atoms with E-state index in [9.17, 15) is 0 Å². The van der Waals surface area contributed by atoms with Gasteiger partial charge in [-0.25, -0.2) is 0 Å². The Balaban J connectivity index is 1.99. The van der Waals surface area contributed by atoms with Crippen LogP contribution in [0.1, 0.15) is 18.9 Å². The SMILES string of the molecule is CCCNCc1ccc(Oc2ccc(Br)cc2Cl)cc1. The van der Waals surface area contributed by atoms with Crippen LogP contribution in [0.25, 0.3) is 0 Å². The normalized spacial score (nSPS) is 10.6. The summed E-state index contributed by atoms with van der Waals surface area (Å²) in [5.74, 6) is 1.44. The fraction of sp³-hybridized carbons (Fsp3) is 0.250. The van der Waals surface area contributed by atoms with Gasteiger partial charge in [0.05, 0.1) is 5.02 Å². The van der Waals surface area contributed by atoms with E-state index in [-0.39, 0.29) is 0 Å². The van der Waals surface area contributed by atoms with Crippen LogP contribution < -0.4 is 10.1 Å². The van der Waals surface area contributed by atoms with Crippen LogP contribution in [0.3, 0.4) is 0 Å². The van der Waals surface area contributed by atoms with Crippen LogP contribution in [0, 0.1) is 0 Å². The van der Waals surface area contributed by atoms with Crippen molar-refractivity contribution in [1.82, 2.24) is 5.32 Å². The third kappa shape index (κ3) is 4.51. The van der Waals surface area contributed by atoms with Crippen molar-refractivity contribution in [1.29, 1.82) is 0 Å². The Morgan fingerprint density at radius 3 is 2.55 bits per heavy atom. The fourth-order valence-corrected chi connectivity index (χ4v) is 2.48. The highest BCUT2D eigenvalue weighted by atomic mass is 79.9. The Bertz CT molecular complexity index is 557. The highest BCUT2D eigenvalue weighted by Gasteiger charge is 2.04. The van der Waals surface area contributed by atoms with E-state index in [1.165, 1.54) is 5.56 Å². The molecule has 106 valence electrons. The maximum atomic E-state index is 6.13. The average molecular weight is 355 g/mol. The smallest absolute Gasteiger partial charge is 0.146 e. The number of hydrogen-bond acceptors (Lipinski definition) is 2. The highest BCUT2D eigenvalue weighted by molar-refractivity contribution is 9.10. The van der Waals surface area contributed by atoms with Gasteiger partial charge in [0.15, 0.2) is 0 Å². The zero-order chi connectivity index (χ0) is 14.4. The first kappa shape index (κ1) is 15.4. The number of nitrogens with one attached hydrogen (secondary N) is 1. The lowest BCUT2D eigenvalue weighted by Gasteiger charge is -2.09. The third-order valence-corrected chi connectivity index (χ3v) is 3.59. The molecule has 0 aliphatic heterocycles. The molecule has 0 amide bonds. The predicted octanol–water partition coefficient (Wildman–Crippen LogP) is 5.39. The molecule has 0 aromatic heterocycles. The van der Waals surface area contributed by atoms with Gasteiger partial charge in [-0.15, -0.1) is 0 Å². The molecular formula is C16H17BrClNO. The van der Waals surface area contributed by atoms with Gasteiger partial charge in [0, 0.05) is 11.0 Å². The van der Waals surface area contributed by atoms with Crippen LogP contribution in [0.5, 0.6) is 11.5 Å². The van der Waals surface area contributed by atoms with Crippen molar-refractivity contribution in [2.75, 3.05) is 6.54 Å². The topological polar surface area (TPSA) is 21.3 Å². The number of halogens is 2. The Labute approximate surface area is 133 Å². The van der Waals surface area contributed by atoms with E-state index < -0.39 is 0 Å². The molecule has 2 aromatic carbocycles. The zero-order valence-corrected chi connectivity index (χ0v) is 13.7. The number of hydrogen-bond donors (Lipinski definition) is 1. The Kier molecular flexibility index (Phi) is 5.89. The van der Waals surface area contributed by atoms with Gasteiger partial charge >= 0.3 is 0 Å². The van der Waals surface area contributed by atoms with E-state index >= 15 is 0 Å². The summed E-state index contributed by atoms with van der Waals surface area (Å²) < 4.78 is 6.71. The zero-order valence-electron chi connectivity index (χ0n) is 11.3. The molecule has 0 saturated heterocycles. The summed E-state index contributed by atoms with van der Waals surface area (Å²) in [6.45, 7) is 4.08. The van der Waals surface area contributed by atoms with E-state index in [1.807, 2.05) is 30.3 Å². The van der Waals surface area contributed by atoms with E-state index in [0.29, 0.717) is 10.8 Å². The summed E-state index contributed by atoms with van der Waals surface area (Å²) in [7, 11) is 0. The van der Waals surface area contributed by atoms with Crippen molar-refractivity contribution in [3.8, 4) is 11.5 Å². The van der Waals surface area contributed by atoms with Crippen molar-refractivity contribution in [3.63, 3.8) is 0 Å². The Morgan fingerprint density at radius 2 is 1.90 bits per heavy atom. The second-order valence-electron chi connectivity index (χ2n) is 4.50. The van der Waals surface area contributed by atoms with Crippen LogP contribution >= 0.6 is 27.5 Å². The molecule has 2 nitrogen and oxygen atoms in total. The molecule has 20 heavy (non-hydrogen) atoms. The molecule has 0 unspecified atom stereocenters. The van der Waals surface area contributed by atoms with E-state index in [2.05, 4.69) is 40.3 Å². The Morgan fingerprint density at radius 1 is 1.15 bits per heavy atom. The molecule has 1 N–H and O–H groups in total. The average Bonchev–Trinajstić information content (AvgIpc) is 2.44. The van der Waals surface area contributed by atoms with Crippen molar-refractivity contribution in [2.24, 2.45) is 0 Å². The Hall–Kier alpha value is -1.03. The van der Waals surface area contributed by atoms with Crippen molar-refractivity contribution < 1.29 is 4.74 Å². The van der Waals surface area contributed by atoms with Gasteiger partial charge in [-0.1, -0.05) is 46.6 Å². The molecule has 0 spiro atoms. The minimum absolute atomic E-state index is 0.591. The molecular weight excluding hydrogens is 338 g/mol. The highest BCUT2D eigenvalue weighted by Crippen LogP contribution is 2.31. The van der Waals surface area contributed by atoms with Crippen LogP contribution in [0.2, 0.25) is 5.02 Å². The van der Waals surface area contributed by atoms with Gasteiger partial charge in [-0.3, -0.25) is 0 Å². The summed E-state index contributed by atoms with van der Waals surface area (Å²) in [6.07, 6.45) is 1.14. The molecule has 0 bridgehead atoms. The quantitative estimate of drug-likeness (QED) is 0.702. The first-order valence-corrected chi connectivity index (χ1v) is 7.78. The van der Waals surface area contributed by atoms with Crippen LogP contribution in [0.4, 0.5) is 0 Å². The predicted molar refractivity (Wildman–Crippen MR) is 87.7 cm³/mol. The van der Waals surface area contributed by atoms with Crippen molar-refractivity contribution in [3.05, 3.63) is 57.5 Å². The lowest BCUT2D eigenvalue weighted by Crippen LogP contribution is -2.13. The standard InChI is InChI=1S/C16H17BrClNO/c1-2-9-19-11-12-3-6-14(7-4-12)20-16-8-5-13(17)10-15(16)18/h3-8,10,19H,2,9,11H2,1H3. The molecule has 0 heterocycles. The molecule has 0 aliphatic carbocycles. The molecule has 0 aliphatic rings. The van der Waals surface area contributed by atoms with Crippen LogP contribution in [0.15, 0.2) is 46.9 Å².